The van der Waals surface area contributed by atoms with Crippen LogP contribution in [0.15, 0.2) is 53.4 Å². The van der Waals surface area contributed by atoms with E-state index < -0.39 is 21.7 Å². The molecule has 0 saturated heterocycles. The number of hydrogen-bond acceptors (Lipinski definition) is 5. The maximum atomic E-state index is 13.2. The van der Waals surface area contributed by atoms with Gasteiger partial charge in [-0.25, -0.2) is 21.9 Å². The highest BCUT2D eigenvalue weighted by molar-refractivity contribution is 7.89. The SMILES string of the molecule is O=S(=O)(NCc1nnnn1-c1ccc(F)cc1)c1cccc(F)c1. The van der Waals surface area contributed by atoms with Gasteiger partial charge >= 0.3 is 0 Å². The Labute approximate surface area is 136 Å². The van der Waals surface area contributed by atoms with Crippen LogP contribution in [0.4, 0.5) is 8.78 Å². The van der Waals surface area contributed by atoms with E-state index in [0.717, 1.165) is 12.1 Å². The second kappa shape index (κ2) is 6.42. The Balaban J connectivity index is 1.81. The topological polar surface area (TPSA) is 89.8 Å². The molecule has 0 aliphatic carbocycles. The van der Waals surface area contributed by atoms with Crippen LogP contribution < -0.4 is 4.72 Å². The summed E-state index contributed by atoms with van der Waals surface area (Å²) in [4.78, 5) is -0.205. The fourth-order valence-corrected chi connectivity index (χ4v) is 2.99. The van der Waals surface area contributed by atoms with Crippen molar-refractivity contribution in [1.82, 2.24) is 24.9 Å². The Bertz CT molecular complexity index is 957. The van der Waals surface area contributed by atoms with Crippen molar-refractivity contribution in [3.63, 3.8) is 0 Å². The molecule has 0 radical (unpaired) electrons. The summed E-state index contributed by atoms with van der Waals surface area (Å²) in [6.07, 6.45) is 0. The summed E-state index contributed by atoms with van der Waals surface area (Å²) in [7, 11) is -3.92. The highest BCUT2D eigenvalue weighted by Gasteiger charge is 2.17. The van der Waals surface area contributed by atoms with Crippen LogP contribution in [0.3, 0.4) is 0 Å². The fourth-order valence-electron chi connectivity index (χ4n) is 1.98. The number of halogens is 2. The van der Waals surface area contributed by atoms with Crippen LogP contribution >= 0.6 is 0 Å². The molecule has 0 aliphatic rings. The second-order valence-corrected chi connectivity index (χ2v) is 6.53. The number of nitrogens with one attached hydrogen (secondary N) is 1. The lowest BCUT2D eigenvalue weighted by molar-refractivity contribution is 0.574. The van der Waals surface area contributed by atoms with Gasteiger partial charge in [-0.15, -0.1) is 5.10 Å². The Hall–Kier alpha value is -2.72. The molecule has 3 aromatic rings. The fraction of sp³-hybridized carbons (Fsp3) is 0.0714. The molecule has 0 unspecified atom stereocenters. The Morgan fingerprint density at radius 2 is 1.79 bits per heavy atom. The first kappa shape index (κ1) is 16.1. The number of aromatic nitrogens is 4. The average molecular weight is 351 g/mol. The second-order valence-electron chi connectivity index (χ2n) is 4.77. The Morgan fingerprint density at radius 3 is 2.50 bits per heavy atom. The van der Waals surface area contributed by atoms with Gasteiger partial charge < -0.3 is 0 Å². The molecule has 124 valence electrons. The average Bonchev–Trinajstić information content (AvgIpc) is 3.02. The molecule has 10 heteroatoms. The quantitative estimate of drug-likeness (QED) is 0.751. The molecular formula is C14H11F2N5O2S. The van der Waals surface area contributed by atoms with Crippen LogP contribution in [-0.2, 0) is 16.6 Å². The minimum absolute atomic E-state index is 0.196. The number of nitrogens with zero attached hydrogens (tertiary/aromatic N) is 4. The van der Waals surface area contributed by atoms with Crippen LogP contribution in [-0.4, -0.2) is 28.6 Å². The summed E-state index contributed by atoms with van der Waals surface area (Å²) in [5.41, 5.74) is 0.473. The third-order valence-corrected chi connectivity index (χ3v) is 4.53. The minimum atomic E-state index is -3.92. The Morgan fingerprint density at radius 1 is 1.04 bits per heavy atom. The molecule has 1 heterocycles. The maximum absolute atomic E-state index is 13.2. The van der Waals surface area contributed by atoms with Crippen LogP contribution in [0.2, 0.25) is 0 Å². The van der Waals surface area contributed by atoms with Crippen LogP contribution in [0, 0.1) is 11.6 Å². The lowest BCUT2D eigenvalue weighted by Crippen LogP contribution is -2.25. The van der Waals surface area contributed by atoms with E-state index in [4.69, 9.17) is 0 Å². The summed E-state index contributed by atoms with van der Waals surface area (Å²) in [5.74, 6) is -0.879. The molecule has 0 spiro atoms. The smallest absolute Gasteiger partial charge is 0.207 e. The van der Waals surface area contributed by atoms with Gasteiger partial charge in [0.25, 0.3) is 0 Å². The molecule has 0 aliphatic heterocycles. The molecule has 7 nitrogen and oxygen atoms in total. The van der Waals surface area contributed by atoms with Crippen molar-refractivity contribution >= 4 is 10.0 Å². The first-order valence-electron chi connectivity index (χ1n) is 6.74. The molecule has 2 aromatic carbocycles. The van der Waals surface area contributed by atoms with Gasteiger partial charge in [-0.1, -0.05) is 6.07 Å². The van der Waals surface area contributed by atoms with E-state index in [-0.39, 0.29) is 17.3 Å². The summed E-state index contributed by atoms with van der Waals surface area (Å²) < 4.78 is 54.0. The third kappa shape index (κ3) is 3.44. The van der Waals surface area contributed by atoms with Gasteiger partial charge in [0.15, 0.2) is 5.82 Å². The Kier molecular flexibility index (Phi) is 4.32. The van der Waals surface area contributed by atoms with Gasteiger partial charge in [0.1, 0.15) is 11.6 Å². The highest BCUT2D eigenvalue weighted by Crippen LogP contribution is 2.12. The van der Waals surface area contributed by atoms with Gasteiger partial charge in [0.05, 0.1) is 17.1 Å². The zero-order valence-electron chi connectivity index (χ0n) is 12.1. The van der Waals surface area contributed by atoms with Gasteiger partial charge in [0, 0.05) is 0 Å². The molecule has 24 heavy (non-hydrogen) atoms. The zero-order chi connectivity index (χ0) is 17.2. The van der Waals surface area contributed by atoms with Crippen molar-refractivity contribution in [1.29, 1.82) is 0 Å². The molecule has 0 amide bonds. The number of tetrazole rings is 1. The van der Waals surface area contributed by atoms with Crippen molar-refractivity contribution in [2.24, 2.45) is 0 Å². The van der Waals surface area contributed by atoms with E-state index in [1.807, 2.05) is 0 Å². The summed E-state index contributed by atoms with van der Waals surface area (Å²) >= 11 is 0. The van der Waals surface area contributed by atoms with E-state index in [0.29, 0.717) is 5.69 Å². The van der Waals surface area contributed by atoms with Gasteiger partial charge in [-0.05, 0) is 52.9 Å². The normalized spacial score (nSPS) is 11.6. The predicted octanol–water partition coefficient (Wildman–Crippen LogP) is 1.42. The van der Waals surface area contributed by atoms with Crippen molar-refractivity contribution in [3.05, 3.63) is 66.0 Å². The van der Waals surface area contributed by atoms with Crippen LogP contribution in [0.5, 0.6) is 0 Å². The van der Waals surface area contributed by atoms with Crippen molar-refractivity contribution in [2.75, 3.05) is 0 Å². The van der Waals surface area contributed by atoms with Crippen molar-refractivity contribution < 1.29 is 17.2 Å². The van der Waals surface area contributed by atoms with E-state index in [1.54, 1.807) is 0 Å². The van der Waals surface area contributed by atoms with E-state index >= 15 is 0 Å². The first-order valence-corrected chi connectivity index (χ1v) is 8.22. The summed E-state index contributed by atoms with van der Waals surface area (Å²) in [6.45, 7) is -0.219. The lowest BCUT2D eigenvalue weighted by atomic mass is 10.3. The number of benzene rings is 2. The number of sulfonamides is 1. The molecule has 3 rings (SSSR count). The molecule has 0 bridgehead atoms. The van der Waals surface area contributed by atoms with Gasteiger partial charge in [-0.3, -0.25) is 0 Å². The molecule has 0 atom stereocenters. The molecule has 0 saturated carbocycles. The van der Waals surface area contributed by atoms with E-state index in [2.05, 4.69) is 20.2 Å². The van der Waals surface area contributed by atoms with Gasteiger partial charge in [-0.2, -0.15) is 4.68 Å². The molecule has 1 aromatic heterocycles. The predicted molar refractivity (Wildman–Crippen MR) is 79.5 cm³/mol. The van der Waals surface area contributed by atoms with Crippen LogP contribution in [0.1, 0.15) is 5.82 Å². The van der Waals surface area contributed by atoms with Crippen molar-refractivity contribution in [3.8, 4) is 5.69 Å². The van der Waals surface area contributed by atoms with Crippen LogP contribution in [0.25, 0.3) is 5.69 Å². The first-order chi connectivity index (χ1) is 11.5. The third-order valence-electron chi connectivity index (χ3n) is 3.13. The standard InChI is InChI=1S/C14H11F2N5O2S/c15-10-4-6-12(7-5-10)21-14(18-19-20-21)9-17-24(22,23)13-3-1-2-11(16)8-13/h1-8,17H,9H2. The summed E-state index contributed by atoms with van der Waals surface area (Å²) in [5, 5.41) is 11.0. The summed E-state index contributed by atoms with van der Waals surface area (Å²) in [6, 6.07) is 10.0. The molecular weight excluding hydrogens is 340 g/mol. The van der Waals surface area contributed by atoms with Gasteiger partial charge in [0.2, 0.25) is 10.0 Å². The van der Waals surface area contributed by atoms with E-state index in [9.17, 15) is 17.2 Å². The maximum Gasteiger partial charge on any atom is 0.241 e. The number of hydrogen-bond donors (Lipinski definition) is 1. The largest absolute Gasteiger partial charge is 0.241 e. The zero-order valence-corrected chi connectivity index (χ0v) is 12.9. The molecule has 1 N–H and O–H groups in total. The van der Waals surface area contributed by atoms with E-state index in [1.165, 1.54) is 41.1 Å². The monoisotopic (exact) mass is 351 g/mol. The minimum Gasteiger partial charge on any atom is -0.207 e. The number of rotatable bonds is 5. The van der Waals surface area contributed by atoms with Crippen molar-refractivity contribution in [2.45, 2.75) is 11.4 Å². The lowest BCUT2D eigenvalue weighted by Gasteiger charge is -2.07. The molecule has 0 fully saturated rings. The highest BCUT2D eigenvalue weighted by atomic mass is 32.2.